The van der Waals surface area contributed by atoms with Gasteiger partial charge in [0.25, 0.3) is 0 Å². The molecule has 5 fully saturated rings. The smallest absolute Gasteiger partial charge is 0.0630 e. The number of hydrogen-bond donors (Lipinski definition) is 2. The molecule has 0 bridgehead atoms. The van der Waals surface area contributed by atoms with E-state index in [0.29, 0.717) is 34.0 Å². The lowest BCUT2D eigenvalue weighted by atomic mass is 9.32. The van der Waals surface area contributed by atoms with Gasteiger partial charge in [0, 0.05) is 10.8 Å². The first-order valence-electron chi connectivity index (χ1n) is 14.3. The monoisotopic (exact) mass is 470 g/mol. The molecule has 4 nitrogen and oxygen atoms in total. The Morgan fingerprint density at radius 3 is 2.21 bits per heavy atom. The van der Waals surface area contributed by atoms with Crippen molar-refractivity contribution < 1.29 is 10.4 Å². The highest BCUT2D eigenvalue weighted by Gasteiger charge is 2.70. The summed E-state index contributed by atoms with van der Waals surface area (Å²) >= 11 is 0. The molecular formula is C30H50N2O2. The second-order valence-corrected chi connectivity index (χ2v) is 14.9. The number of hydrogen-bond acceptors (Lipinski definition) is 4. The topological polar surface area (TPSA) is 65.2 Å². The lowest BCUT2D eigenvalue weighted by molar-refractivity contribution is -0.224. The Balaban J connectivity index is 1.55. The van der Waals surface area contributed by atoms with Crippen LogP contribution in [0.15, 0.2) is 10.3 Å². The van der Waals surface area contributed by atoms with E-state index in [4.69, 9.17) is 0 Å². The summed E-state index contributed by atoms with van der Waals surface area (Å²) in [4.78, 5) is 0. The molecule has 0 spiro atoms. The molecule has 0 radical (unpaired) electrons. The maximum Gasteiger partial charge on any atom is 0.0630 e. The lowest BCUT2D eigenvalue weighted by Crippen LogP contribution is -2.66. The quantitative estimate of drug-likeness (QED) is 0.244. The van der Waals surface area contributed by atoms with Crippen molar-refractivity contribution in [1.82, 2.24) is 0 Å². The van der Waals surface area contributed by atoms with Gasteiger partial charge in [0.1, 0.15) is 0 Å². The third-order valence-corrected chi connectivity index (χ3v) is 13.6. The molecule has 0 aliphatic heterocycles. The summed E-state index contributed by atoms with van der Waals surface area (Å²) in [5.74, 6) is 4.14. The van der Waals surface area contributed by atoms with Gasteiger partial charge in [-0.05, 0) is 116 Å². The van der Waals surface area contributed by atoms with Crippen molar-refractivity contribution in [2.24, 2.45) is 72.9 Å². The molecule has 4 heteroatoms. The third kappa shape index (κ3) is 2.89. The van der Waals surface area contributed by atoms with Crippen molar-refractivity contribution in [3.8, 4) is 0 Å². The number of rotatable bonds is 2. The second kappa shape index (κ2) is 7.72. The van der Waals surface area contributed by atoms with Gasteiger partial charge in [-0.15, -0.1) is 5.16 Å². The van der Waals surface area contributed by atoms with E-state index in [9.17, 15) is 10.4 Å². The van der Waals surface area contributed by atoms with Crippen LogP contribution in [0.4, 0.5) is 0 Å². The standard InChI is InChI=1S/C30H50N2O2/c1-19(2)20-10-15-30(18-31-33)17-16-28(6)21(25(20)30)8-9-23-27(5)13-12-24(32-34)26(3,4)22(27)11-14-29(23,28)7/h18-23,25,33-34H,8-17H2,1-7H3/b31-18+,32-24+/t20-,21?,22?,23?,25?,27-,28+,29+,30?/m0/s1. The molecule has 0 heterocycles. The van der Waals surface area contributed by atoms with E-state index in [-0.39, 0.29) is 10.8 Å². The highest BCUT2D eigenvalue weighted by Crippen LogP contribution is 2.77. The maximum absolute atomic E-state index is 9.76. The van der Waals surface area contributed by atoms with Gasteiger partial charge in [-0.2, -0.15) is 0 Å². The first-order valence-corrected chi connectivity index (χ1v) is 14.3. The van der Waals surface area contributed by atoms with Gasteiger partial charge in [-0.25, -0.2) is 0 Å². The van der Waals surface area contributed by atoms with E-state index in [0.717, 1.165) is 29.9 Å². The van der Waals surface area contributed by atoms with Crippen molar-refractivity contribution in [1.29, 1.82) is 0 Å². The Hall–Kier alpha value is -1.06. The van der Waals surface area contributed by atoms with Crippen LogP contribution in [0.5, 0.6) is 0 Å². The van der Waals surface area contributed by atoms with Gasteiger partial charge in [-0.1, -0.05) is 53.6 Å². The van der Waals surface area contributed by atoms with E-state index in [1.165, 1.54) is 57.8 Å². The molecule has 0 aromatic carbocycles. The minimum Gasteiger partial charge on any atom is -0.411 e. The van der Waals surface area contributed by atoms with Crippen LogP contribution in [-0.2, 0) is 0 Å². The first-order chi connectivity index (χ1) is 15.9. The zero-order chi connectivity index (χ0) is 24.7. The summed E-state index contributed by atoms with van der Waals surface area (Å²) in [7, 11) is 0. The van der Waals surface area contributed by atoms with Crippen LogP contribution in [0.1, 0.15) is 113 Å². The summed E-state index contributed by atoms with van der Waals surface area (Å²) in [6.07, 6.45) is 14.2. The van der Waals surface area contributed by atoms with Crippen LogP contribution >= 0.6 is 0 Å². The lowest BCUT2D eigenvalue weighted by Gasteiger charge is -2.72. The molecule has 0 aromatic heterocycles. The predicted molar refractivity (Wildman–Crippen MR) is 138 cm³/mol. The second-order valence-electron chi connectivity index (χ2n) is 14.9. The van der Waals surface area contributed by atoms with Crippen LogP contribution in [0, 0.1) is 62.6 Å². The molecule has 34 heavy (non-hydrogen) atoms. The molecule has 0 saturated heterocycles. The van der Waals surface area contributed by atoms with Crippen LogP contribution in [-0.4, -0.2) is 22.3 Å². The summed E-state index contributed by atoms with van der Waals surface area (Å²) in [6.45, 7) is 17.5. The summed E-state index contributed by atoms with van der Waals surface area (Å²) < 4.78 is 0. The van der Waals surface area contributed by atoms with Crippen molar-refractivity contribution in [3.05, 3.63) is 0 Å². The fraction of sp³-hybridized carbons (Fsp3) is 0.933. The molecule has 5 rings (SSSR count). The summed E-state index contributed by atoms with van der Waals surface area (Å²) in [5, 5.41) is 26.9. The fourth-order valence-corrected chi connectivity index (χ4v) is 11.8. The van der Waals surface area contributed by atoms with E-state index in [1.807, 2.05) is 6.21 Å². The van der Waals surface area contributed by atoms with Crippen LogP contribution < -0.4 is 0 Å². The van der Waals surface area contributed by atoms with E-state index < -0.39 is 0 Å². The van der Waals surface area contributed by atoms with Gasteiger partial charge in [0.2, 0.25) is 0 Å². The molecule has 2 N–H and O–H groups in total. The molecular weight excluding hydrogens is 420 g/mol. The minimum absolute atomic E-state index is 0.0195. The average Bonchev–Trinajstić information content (AvgIpc) is 3.14. The highest BCUT2D eigenvalue weighted by atomic mass is 16.4. The normalized spacial score (nSPS) is 53.4. The van der Waals surface area contributed by atoms with Crippen molar-refractivity contribution in [2.45, 2.75) is 113 Å². The fourth-order valence-electron chi connectivity index (χ4n) is 11.8. The van der Waals surface area contributed by atoms with E-state index in [1.54, 1.807) is 0 Å². The van der Waals surface area contributed by atoms with Crippen molar-refractivity contribution >= 4 is 11.9 Å². The Morgan fingerprint density at radius 1 is 0.824 bits per heavy atom. The minimum atomic E-state index is -0.0195. The van der Waals surface area contributed by atoms with Gasteiger partial charge in [-0.3, -0.25) is 0 Å². The molecule has 5 aliphatic carbocycles. The highest BCUT2D eigenvalue weighted by molar-refractivity contribution is 5.90. The predicted octanol–water partition coefficient (Wildman–Crippen LogP) is 8.01. The molecule has 5 unspecified atom stereocenters. The Kier molecular flexibility index (Phi) is 5.59. The molecule has 9 atom stereocenters. The Labute approximate surface area is 208 Å². The van der Waals surface area contributed by atoms with Crippen molar-refractivity contribution in [2.75, 3.05) is 0 Å². The average molecular weight is 471 g/mol. The largest absolute Gasteiger partial charge is 0.411 e. The third-order valence-electron chi connectivity index (χ3n) is 13.6. The Morgan fingerprint density at radius 2 is 1.56 bits per heavy atom. The number of fused-ring (bicyclic) bond motifs is 7. The molecule has 0 aromatic rings. The van der Waals surface area contributed by atoms with E-state index in [2.05, 4.69) is 58.8 Å². The van der Waals surface area contributed by atoms with E-state index >= 15 is 0 Å². The van der Waals surface area contributed by atoms with Gasteiger partial charge >= 0.3 is 0 Å². The summed E-state index contributed by atoms with van der Waals surface area (Å²) in [6, 6.07) is 0. The molecule has 192 valence electrons. The zero-order valence-electron chi connectivity index (χ0n) is 22.9. The number of nitrogens with zero attached hydrogens (tertiary/aromatic N) is 2. The SMILES string of the molecule is CC(C)[C@@H]1CCC2(/C=N/O)CC[C@]3(C)C(CCC4[C@@]5(C)CC/C(=N\O)C(C)(C)C5CC[C@]43C)C12. The van der Waals surface area contributed by atoms with Gasteiger partial charge in [0.05, 0.1) is 11.9 Å². The Bertz CT molecular complexity index is 879. The number of oxime groups is 2. The maximum atomic E-state index is 9.76. The van der Waals surface area contributed by atoms with Crippen LogP contribution in [0.2, 0.25) is 0 Å². The first kappa shape index (κ1) is 24.6. The molecule has 5 saturated carbocycles. The van der Waals surface area contributed by atoms with Crippen molar-refractivity contribution in [3.63, 3.8) is 0 Å². The van der Waals surface area contributed by atoms with Crippen LogP contribution in [0.3, 0.4) is 0 Å². The molecule has 0 amide bonds. The zero-order valence-corrected chi connectivity index (χ0v) is 22.9. The summed E-state index contributed by atoms with van der Waals surface area (Å²) in [5.41, 5.74) is 2.11. The van der Waals surface area contributed by atoms with Gasteiger partial charge in [0.15, 0.2) is 0 Å². The van der Waals surface area contributed by atoms with Gasteiger partial charge < -0.3 is 10.4 Å². The van der Waals surface area contributed by atoms with Crippen LogP contribution in [0.25, 0.3) is 0 Å². The molecule has 5 aliphatic rings.